The summed E-state index contributed by atoms with van der Waals surface area (Å²) in [6.45, 7) is 0.414. The van der Waals surface area contributed by atoms with Gasteiger partial charge in [0.25, 0.3) is 10.1 Å². The molecule has 0 unspecified atom stereocenters. The topological polar surface area (TPSA) is 274 Å². The zero-order valence-corrected chi connectivity index (χ0v) is 31.7. The number of halogens is 1. The number of hydrogen-bond donors (Lipinski definition) is 7. The lowest BCUT2D eigenvalue weighted by Crippen LogP contribution is -2.23. The highest BCUT2D eigenvalue weighted by atomic mass is 35.5. The van der Waals surface area contributed by atoms with E-state index in [0.29, 0.717) is 35.7 Å². The standard InChI is InChI=1S/C33H30ClN9O10S3/c34-31-36-32(38-33(37-31)43(13-15-54-16-14-44)21-9-5-2-6-10-21)35-26-18-23(56(49,50)51)19-27(28(26)45)40-42-29(20-7-3-1-4-8-20)41-39-25-12-11-22(55-53-52-48)17-24(25)30(46)47/h1-12,17-19,40,44-45,48H,13-16H2,(H,46,47)(H,49,50,51)(H,35,36,37,38)/b41-39?,42-29-. The lowest BCUT2D eigenvalue weighted by atomic mass is 10.2. The molecule has 1 aromatic heterocycles. The van der Waals surface area contributed by atoms with Crippen LogP contribution >= 0.6 is 35.4 Å². The van der Waals surface area contributed by atoms with Gasteiger partial charge in [-0.3, -0.25) is 9.98 Å². The number of phenols is 1. The van der Waals surface area contributed by atoms with E-state index in [1.807, 2.05) is 30.3 Å². The molecule has 0 bridgehead atoms. The number of rotatable bonds is 18. The molecule has 292 valence electrons. The van der Waals surface area contributed by atoms with Crippen LogP contribution in [0.4, 0.5) is 34.6 Å². The van der Waals surface area contributed by atoms with Crippen molar-refractivity contribution >= 4 is 92.0 Å². The molecule has 56 heavy (non-hydrogen) atoms. The molecule has 5 rings (SSSR count). The Bertz CT molecular complexity index is 2310. The number of amidine groups is 1. The highest BCUT2D eigenvalue weighted by Crippen LogP contribution is 2.37. The van der Waals surface area contributed by atoms with E-state index in [0.717, 1.165) is 17.8 Å². The van der Waals surface area contributed by atoms with Crippen molar-refractivity contribution in [3.05, 3.63) is 107 Å². The van der Waals surface area contributed by atoms with Gasteiger partial charge < -0.3 is 25.5 Å². The number of nitrogens with zero attached hydrogens (tertiary/aromatic N) is 7. The second kappa shape index (κ2) is 19.9. The van der Waals surface area contributed by atoms with E-state index in [2.05, 4.69) is 50.4 Å². The number of anilines is 5. The fourth-order valence-electron chi connectivity index (χ4n) is 4.68. The normalized spacial score (nSPS) is 11.8. The molecule has 0 saturated heterocycles. The molecule has 0 aliphatic carbocycles. The molecule has 0 saturated carbocycles. The quantitative estimate of drug-likeness (QED) is 0.00552. The van der Waals surface area contributed by atoms with Crippen LogP contribution in [0.1, 0.15) is 15.9 Å². The summed E-state index contributed by atoms with van der Waals surface area (Å²) in [4.78, 5) is 26.1. The predicted molar refractivity (Wildman–Crippen MR) is 209 cm³/mol. The molecule has 7 N–H and O–H groups in total. The van der Waals surface area contributed by atoms with E-state index in [-0.39, 0.29) is 57.1 Å². The van der Waals surface area contributed by atoms with Crippen molar-refractivity contribution in [3.8, 4) is 5.75 Å². The largest absolute Gasteiger partial charge is 0.504 e. The van der Waals surface area contributed by atoms with Crippen molar-refractivity contribution in [1.29, 1.82) is 0 Å². The number of thioether (sulfide) groups is 1. The Hall–Kier alpha value is -5.43. The highest BCUT2D eigenvalue weighted by Gasteiger charge is 2.21. The van der Waals surface area contributed by atoms with Crippen LogP contribution in [0.5, 0.6) is 5.75 Å². The van der Waals surface area contributed by atoms with E-state index in [4.69, 9.17) is 16.9 Å². The van der Waals surface area contributed by atoms with E-state index in [1.165, 1.54) is 30.0 Å². The van der Waals surface area contributed by atoms with Gasteiger partial charge in [0.15, 0.2) is 5.75 Å². The first kappa shape index (κ1) is 41.7. The molecule has 0 amide bonds. The molecule has 23 heteroatoms. The maximum atomic E-state index is 12.4. The predicted octanol–water partition coefficient (Wildman–Crippen LogP) is 6.77. The van der Waals surface area contributed by atoms with Crippen molar-refractivity contribution in [1.82, 2.24) is 15.0 Å². The number of aromatic nitrogens is 3. The van der Waals surface area contributed by atoms with Gasteiger partial charge in [0.2, 0.25) is 23.0 Å². The van der Waals surface area contributed by atoms with Crippen LogP contribution in [-0.4, -0.2) is 85.0 Å². The summed E-state index contributed by atoms with van der Waals surface area (Å²) in [6.07, 6.45) is 0. The summed E-state index contributed by atoms with van der Waals surface area (Å²) in [6, 6.07) is 23.2. The lowest BCUT2D eigenvalue weighted by molar-refractivity contribution is -0.432. The zero-order chi connectivity index (χ0) is 40.1. The third-order valence-corrected chi connectivity index (χ3v) is 9.67. The number of carboxylic acid groups (broad SMARTS) is 1. The number of aromatic hydroxyl groups is 1. The molecule has 1 heterocycles. The molecule has 0 aliphatic heterocycles. The number of benzene rings is 4. The Balaban J connectivity index is 1.51. The minimum Gasteiger partial charge on any atom is -0.504 e. The van der Waals surface area contributed by atoms with E-state index in [9.17, 15) is 33.1 Å². The molecule has 5 aromatic rings. The first-order chi connectivity index (χ1) is 27.0. The number of hydrogen-bond acceptors (Lipinski definition) is 18. The van der Waals surface area contributed by atoms with Crippen LogP contribution in [-0.2, 0) is 19.5 Å². The highest BCUT2D eigenvalue weighted by molar-refractivity contribution is 7.99. The van der Waals surface area contributed by atoms with Gasteiger partial charge in [-0.15, -0.1) is 14.6 Å². The summed E-state index contributed by atoms with van der Waals surface area (Å²) in [5.41, 5.74) is 2.62. The second-order valence-electron chi connectivity index (χ2n) is 10.8. The van der Waals surface area contributed by atoms with Gasteiger partial charge >= 0.3 is 5.97 Å². The Morgan fingerprint density at radius 3 is 2.34 bits per heavy atom. The molecule has 0 radical (unpaired) electrons. The van der Waals surface area contributed by atoms with Crippen LogP contribution in [0.2, 0.25) is 5.28 Å². The van der Waals surface area contributed by atoms with E-state index < -0.39 is 26.7 Å². The third kappa shape index (κ3) is 11.5. The van der Waals surface area contributed by atoms with Gasteiger partial charge in [0.05, 0.1) is 34.8 Å². The number of hydrazone groups is 1. The van der Waals surface area contributed by atoms with Gasteiger partial charge in [0.1, 0.15) is 11.4 Å². The number of aromatic carboxylic acids is 1. The van der Waals surface area contributed by atoms with Crippen LogP contribution in [0.3, 0.4) is 0 Å². The van der Waals surface area contributed by atoms with Crippen LogP contribution < -0.4 is 15.6 Å². The maximum Gasteiger partial charge on any atom is 0.338 e. The van der Waals surface area contributed by atoms with Crippen LogP contribution in [0.25, 0.3) is 0 Å². The number of aliphatic hydroxyl groups is 1. The van der Waals surface area contributed by atoms with Crippen LogP contribution in [0, 0.1) is 0 Å². The number of phenolic OH excluding ortho intramolecular Hbond substituents is 1. The van der Waals surface area contributed by atoms with Crippen molar-refractivity contribution in [2.24, 2.45) is 15.3 Å². The van der Waals surface area contributed by atoms with Gasteiger partial charge in [-0.05, 0) is 54.1 Å². The first-order valence-corrected chi connectivity index (χ1v) is 19.6. The average Bonchev–Trinajstić information content (AvgIpc) is 3.18. The SMILES string of the molecule is O=C(O)c1cc(SOOO)ccc1N=N/C(=N\Nc1cc(S(=O)(=O)O)cc(Nc2nc(Cl)nc(N(CCSCCO)c3ccccc3)n2)c1O)c1ccccc1. The minimum atomic E-state index is -4.87. The molecule has 0 spiro atoms. The second-order valence-corrected chi connectivity index (χ2v) is 14.6. The number of para-hydroxylation sites is 1. The van der Waals surface area contributed by atoms with Crippen molar-refractivity contribution in [2.75, 3.05) is 40.3 Å². The number of azo groups is 1. The smallest absolute Gasteiger partial charge is 0.338 e. The summed E-state index contributed by atoms with van der Waals surface area (Å²) in [5, 5.41) is 57.2. The monoisotopic (exact) mass is 843 g/mol. The lowest BCUT2D eigenvalue weighted by Gasteiger charge is -2.23. The Labute approximate surface area is 331 Å². The molecular weight excluding hydrogens is 814 g/mol. The average molecular weight is 844 g/mol. The molecule has 0 atom stereocenters. The zero-order valence-electron chi connectivity index (χ0n) is 28.5. The van der Waals surface area contributed by atoms with E-state index >= 15 is 0 Å². The Kier molecular flexibility index (Phi) is 14.9. The van der Waals surface area contributed by atoms with Crippen molar-refractivity contribution in [2.45, 2.75) is 9.79 Å². The van der Waals surface area contributed by atoms with Gasteiger partial charge in [-0.25, -0.2) is 10.1 Å². The molecule has 0 fully saturated rings. The Morgan fingerprint density at radius 1 is 0.946 bits per heavy atom. The van der Waals surface area contributed by atoms with E-state index in [1.54, 1.807) is 35.2 Å². The van der Waals surface area contributed by atoms with Gasteiger partial charge in [-0.2, -0.15) is 40.2 Å². The van der Waals surface area contributed by atoms with Gasteiger partial charge in [-0.1, -0.05) is 53.6 Å². The first-order valence-electron chi connectivity index (χ1n) is 15.8. The molecular formula is C33H30ClN9O10S3. The van der Waals surface area contributed by atoms with Crippen molar-refractivity contribution < 1.29 is 47.7 Å². The molecule has 4 aromatic carbocycles. The van der Waals surface area contributed by atoms with Crippen molar-refractivity contribution in [3.63, 3.8) is 0 Å². The fourth-order valence-corrected chi connectivity index (χ4v) is 6.41. The maximum absolute atomic E-state index is 12.4. The number of nitrogens with one attached hydrogen (secondary N) is 2. The minimum absolute atomic E-state index is 0.00947. The fraction of sp³-hybridized carbons (Fsp3) is 0.121. The number of carboxylic acids is 1. The summed E-state index contributed by atoms with van der Waals surface area (Å²) in [7, 11) is -4.87. The van der Waals surface area contributed by atoms with Crippen LogP contribution in [0.15, 0.2) is 116 Å². The summed E-state index contributed by atoms with van der Waals surface area (Å²) in [5.74, 6) is -1.08. The molecule has 0 aliphatic rings. The summed E-state index contributed by atoms with van der Waals surface area (Å²) >= 11 is 8.36. The molecule has 19 nitrogen and oxygen atoms in total. The Morgan fingerprint density at radius 2 is 1.66 bits per heavy atom. The number of aliphatic hydroxyl groups excluding tert-OH is 1. The number of carbonyl (C=O) groups is 1. The van der Waals surface area contributed by atoms with Gasteiger partial charge in [0, 0.05) is 34.2 Å². The summed E-state index contributed by atoms with van der Waals surface area (Å²) < 4.78 is 39.1. The third-order valence-electron chi connectivity index (χ3n) is 7.15.